The van der Waals surface area contributed by atoms with Gasteiger partial charge in [0.25, 0.3) is 5.91 Å². The van der Waals surface area contributed by atoms with Crippen LogP contribution in [0.15, 0.2) is 65.6 Å². The summed E-state index contributed by atoms with van der Waals surface area (Å²) >= 11 is 0. The molecule has 2 aromatic carbocycles. The molecule has 0 saturated carbocycles. The van der Waals surface area contributed by atoms with E-state index in [2.05, 4.69) is 48.5 Å². The van der Waals surface area contributed by atoms with Crippen molar-refractivity contribution < 1.29 is 9.90 Å². The van der Waals surface area contributed by atoms with Gasteiger partial charge in [0.2, 0.25) is 5.43 Å². The standard InChI is InChI=1S/C25H22N2O3/c1-26-14-21(27-11-10-20(28)23(29)22(27)24(26)30)25-17(12-15-6-2-4-8-18(15)25)13-16-7-3-5-9-19(16)25/h2-11,17,21,29H,12-14H2,1H3. The maximum atomic E-state index is 12.9. The van der Waals surface area contributed by atoms with Gasteiger partial charge in [0.1, 0.15) is 0 Å². The Kier molecular flexibility index (Phi) is 3.41. The van der Waals surface area contributed by atoms with Crippen LogP contribution in [0.3, 0.4) is 0 Å². The van der Waals surface area contributed by atoms with Gasteiger partial charge in [-0.15, -0.1) is 0 Å². The summed E-state index contributed by atoms with van der Waals surface area (Å²) in [7, 11) is 1.75. The number of fused-ring (bicyclic) bond motifs is 6. The molecule has 150 valence electrons. The molecule has 0 bridgehead atoms. The number of likely N-dealkylation sites (N-methyl/N-ethyl adjacent to an activating group) is 1. The number of aromatic hydroxyl groups is 1. The van der Waals surface area contributed by atoms with E-state index in [0.29, 0.717) is 12.5 Å². The Morgan fingerprint density at radius 1 is 0.933 bits per heavy atom. The van der Waals surface area contributed by atoms with Crippen LogP contribution in [0, 0.1) is 5.92 Å². The summed E-state index contributed by atoms with van der Waals surface area (Å²) in [5.74, 6) is -0.398. The van der Waals surface area contributed by atoms with E-state index in [0.717, 1.165) is 12.8 Å². The monoisotopic (exact) mass is 398 g/mol. The molecule has 0 radical (unpaired) electrons. The average molecular weight is 398 g/mol. The Morgan fingerprint density at radius 3 is 2.17 bits per heavy atom. The normalized spacial score (nSPS) is 26.2. The van der Waals surface area contributed by atoms with Crippen LogP contribution in [-0.2, 0) is 18.3 Å². The van der Waals surface area contributed by atoms with Gasteiger partial charge in [-0.25, -0.2) is 0 Å². The van der Waals surface area contributed by atoms with Gasteiger partial charge in [-0.1, -0.05) is 48.5 Å². The van der Waals surface area contributed by atoms with Crippen LogP contribution < -0.4 is 5.43 Å². The fraction of sp³-hybridized carbons (Fsp3) is 0.280. The number of pyridine rings is 1. The highest BCUT2D eigenvalue weighted by atomic mass is 16.3. The van der Waals surface area contributed by atoms with Crippen molar-refractivity contribution in [3.8, 4) is 5.75 Å². The molecule has 1 aromatic heterocycles. The molecule has 1 amide bonds. The molecule has 1 unspecified atom stereocenters. The Hall–Kier alpha value is -3.34. The molecule has 0 fully saturated rings. The molecule has 2 aliphatic carbocycles. The van der Waals surface area contributed by atoms with E-state index in [-0.39, 0.29) is 23.1 Å². The third kappa shape index (κ3) is 1.97. The van der Waals surface area contributed by atoms with Crippen molar-refractivity contribution in [1.29, 1.82) is 0 Å². The van der Waals surface area contributed by atoms with E-state index >= 15 is 0 Å². The Morgan fingerprint density at radius 2 is 1.53 bits per heavy atom. The second kappa shape index (κ2) is 5.85. The van der Waals surface area contributed by atoms with Gasteiger partial charge in [0, 0.05) is 31.3 Å². The van der Waals surface area contributed by atoms with Gasteiger partial charge in [-0.2, -0.15) is 0 Å². The zero-order valence-electron chi connectivity index (χ0n) is 16.7. The third-order valence-corrected chi connectivity index (χ3v) is 7.46. The smallest absolute Gasteiger partial charge is 0.274 e. The highest BCUT2D eigenvalue weighted by Crippen LogP contribution is 2.60. The first-order valence-electron chi connectivity index (χ1n) is 10.4. The van der Waals surface area contributed by atoms with Crippen LogP contribution in [0.1, 0.15) is 38.8 Å². The fourth-order valence-electron chi connectivity index (χ4n) is 6.33. The summed E-state index contributed by atoms with van der Waals surface area (Å²) in [6.45, 7) is 0.521. The second-order valence-electron chi connectivity index (χ2n) is 8.77. The van der Waals surface area contributed by atoms with Crippen LogP contribution in [0.5, 0.6) is 5.75 Å². The molecule has 5 heteroatoms. The van der Waals surface area contributed by atoms with Gasteiger partial charge < -0.3 is 14.6 Å². The number of hydrogen-bond acceptors (Lipinski definition) is 3. The van der Waals surface area contributed by atoms with E-state index in [1.54, 1.807) is 18.1 Å². The molecule has 1 atom stereocenters. The summed E-state index contributed by atoms with van der Waals surface area (Å²) in [4.78, 5) is 26.7. The average Bonchev–Trinajstić information content (AvgIpc) is 3.24. The van der Waals surface area contributed by atoms with Gasteiger partial charge in [0.05, 0.1) is 6.04 Å². The number of hydrogen-bond donors (Lipinski definition) is 1. The molecule has 1 N–H and O–H groups in total. The minimum atomic E-state index is -0.517. The van der Waals surface area contributed by atoms with Crippen molar-refractivity contribution >= 4 is 5.91 Å². The molecule has 3 aromatic rings. The third-order valence-electron chi connectivity index (χ3n) is 7.46. The minimum absolute atomic E-state index is 0.100. The molecule has 2 heterocycles. The number of carbonyl (C=O) groups is 1. The summed E-state index contributed by atoms with van der Waals surface area (Å²) in [6.07, 6.45) is 3.67. The van der Waals surface area contributed by atoms with Gasteiger partial charge >= 0.3 is 0 Å². The Balaban J connectivity index is 1.70. The summed E-state index contributed by atoms with van der Waals surface area (Å²) in [5, 5.41) is 10.5. The van der Waals surface area contributed by atoms with Crippen molar-refractivity contribution in [2.75, 3.05) is 13.6 Å². The topological polar surface area (TPSA) is 62.5 Å². The second-order valence-corrected chi connectivity index (χ2v) is 8.77. The highest BCUT2D eigenvalue weighted by molar-refractivity contribution is 5.95. The van der Waals surface area contributed by atoms with E-state index in [1.165, 1.54) is 28.3 Å². The first-order valence-corrected chi connectivity index (χ1v) is 10.4. The number of benzene rings is 2. The number of rotatable bonds is 1. The number of nitrogens with zero attached hydrogens (tertiary/aromatic N) is 2. The van der Waals surface area contributed by atoms with E-state index in [4.69, 9.17) is 0 Å². The molecule has 1 aliphatic heterocycles. The first kappa shape index (κ1) is 17.5. The SMILES string of the molecule is CN1CC(C23c4ccccc4CC2Cc2ccccc23)n2ccc(=O)c(O)c2C1=O. The van der Waals surface area contributed by atoms with Crippen LogP contribution in [0.2, 0.25) is 0 Å². The quantitative estimate of drug-likeness (QED) is 0.686. The molecule has 5 nitrogen and oxygen atoms in total. The molecular formula is C25H22N2O3. The number of amides is 1. The fourth-order valence-corrected chi connectivity index (χ4v) is 6.33. The number of carbonyl (C=O) groups excluding carboxylic acids is 1. The molecule has 30 heavy (non-hydrogen) atoms. The van der Waals surface area contributed by atoms with E-state index in [1.807, 2.05) is 4.57 Å². The molecule has 0 saturated heterocycles. The highest BCUT2D eigenvalue weighted by Gasteiger charge is 2.59. The lowest BCUT2D eigenvalue weighted by atomic mass is 9.67. The van der Waals surface area contributed by atoms with Gasteiger partial charge in [-0.3, -0.25) is 9.59 Å². The van der Waals surface area contributed by atoms with Crippen LogP contribution in [0.25, 0.3) is 0 Å². The van der Waals surface area contributed by atoms with Crippen LogP contribution in [-0.4, -0.2) is 34.1 Å². The van der Waals surface area contributed by atoms with Crippen molar-refractivity contribution in [1.82, 2.24) is 9.47 Å². The summed E-state index contributed by atoms with van der Waals surface area (Å²) < 4.78 is 1.87. The predicted molar refractivity (Wildman–Crippen MR) is 113 cm³/mol. The Labute approximate surface area is 174 Å². The van der Waals surface area contributed by atoms with Crippen LogP contribution in [0.4, 0.5) is 0 Å². The summed E-state index contributed by atoms with van der Waals surface area (Å²) in [6, 6.07) is 18.5. The largest absolute Gasteiger partial charge is 0.503 e. The zero-order valence-corrected chi connectivity index (χ0v) is 16.7. The lowest BCUT2D eigenvalue weighted by molar-refractivity contribution is 0.0651. The number of aromatic nitrogens is 1. The van der Waals surface area contributed by atoms with Crippen molar-refractivity contribution in [2.45, 2.75) is 24.3 Å². The van der Waals surface area contributed by atoms with E-state index in [9.17, 15) is 14.7 Å². The van der Waals surface area contributed by atoms with Crippen molar-refractivity contribution in [3.05, 3.63) is 99.0 Å². The lowest BCUT2D eigenvalue weighted by Crippen LogP contribution is -2.51. The Bertz CT molecular complexity index is 1230. The molecule has 0 spiro atoms. The molecule has 3 aliphatic rings. The zero-order chi connectivity index (χ0) is 20.6. The van der Waals surface area contributed by atoms with Gasteiger partial charge in [-0.05, 0) is 41.0 Å². The molecular weight excluding hydrogens is 376 g/mol. The lowest BCUT2D eigenvalue weighted by Gasteiger charge is -2.46. The predicted octanol–water partition coefficient (Wildman–Crippen LogP) is 2.90. The van der Waals surface area contributed by atoms with Crippen molar-refractivity contribution in [2.24, 2.45) is 5.92 Å². The van der Waals surface area contributed by atoms with Gasteiger partial charge in [0.15, 0.2) is 11.4 Å². The molecule has 6 rings (SSSR count). The van der Waals surface area contributed by atoms with E-state index < -0.39 is 11.2 Å². The first-order chi connectivity index (χ1) is 14.5. The minimum Gasteiger partial charge on any atom is -0.503 e. The maximum absolute atomic E-state index is 12.9. The maximum Gasteiger partial charge on any atom is 0.274 e. The summed E-state index contributed by atoms with van der Waals surface area (Å²) in [5.41, 5.74) is 4.58. The van der Waals surface area contributed by atoms with Crippen molar-refractivity contribution in [3.63, 3.8) is 0 Å². The van der Waals surface area contributed by atoms with Crippen LogP contribution >= 0.6 is 0 Å².